The minimum absolute atomic E-state index is 0.622. The molecule has 0 radical (unpaired) electrons. The topological polar surface area (TPSA) is 24.5 Å². The van der Waals surface area contributed by atoms with Gasteiger partial charge in [0.05, 0.1) is 7.11 Å². The average Bonchev–Trinajstić information content (AvgIpc) is 2.52. The van der Waals surface area contributed by atoms with Crippen molar-refractivity contribution < 1.29 is 4.74 Å². The molecule has 2 saturated heterocycles. The molecule has 3 heterocycles. The predicted octanol–water partition coefficient (Wildman–Crippen LogP) is 2.37. The minimum Gasteiger partial charge on any atom is -0.497 e. The van der Waals surface area contributed by atoms with Crippen LogP contribution in [0, 0.1) is 5.92 Å². The van der Waals surface area contributed by atoms with Crippen LogP contribution >= 0.6 is 0 Å². The van der Waals surface area contributed by atoms with Gasteiger partial charge in [-0.1, -0.05) is 6.07 Å². The average molecular weight is 272 g/mol. The first kappa shape index (κ1) is 12.7. The summed E-state index contributed by atoms with van der Waals surface area (Å²) in [6.45, 7) is 3.71. The molecule has 1 N–H and O–H groups in total. The number of methoxy groups -OCH3 is 1. The van der Waals surface area contributed by atoms with Crippen LogP contribution in [0.5, 0.6) is 5.75 Å². The lowest BCUT2D eigenvalue weighted by Crippen LogP contribution is -2.54. The van der Waals surface area contributed by atoms with Crippen LogP contribution in [0.1, 0.15) is 36.4 Å². The molecule has 3 atom stereocenters. The second kappa shape index (κ2) is 5.05. The van der Waals surface area contributed by atoms with Gasteiger partial charge in [-0.3, -0.25) is 4.90 Å². The largest absolute Gasteiger partial charge is 0.497 e. The van der Waals surface area contributed by atoms with E-state index in [-0.39, 0.29) is 0 Å². The predicted molar refractivity (Wildman–Crippen MR) is 80.1 cm³/mol. The third-order valence-corrected chi connectivity index (χ3v) is 5.49. The molecule has 0 unspecified atom stereocenters. The number of ether oxygens (including phenoxy) is 1. The molecule has 20 heavy (non-hydrogen) atoms. The zero-order valence-corrected chi connectivity index (χ0v) is 12.3. The van der Waals surface area contributed by atoms with Crippen molar-refractivity contribution in [2.24, 2.45) is 5.92 Å². The molecule has 0 spiro atoms. The van der Waals surface area contributed by atoms with Crippen LogP contribution in [-0.2, 0) is 6.42 Å². The fourth-order valence-electron chi connectivity index (χ4n) is 4.42. The summed E-state index contributed by atoms with van der Waals surface area (Å²) in [7, 11) is 1.76. The number of fused-ring (bicyclic) bond motifs is 4. The van der Waals surface area contributed by atoms with Crippen molar-refractivity contribution in [1.82, 2.24) is 10.2 Å². The third kappa shape index (κ3) is 2.04. The number of hydrogen-bond acceptors (Lipinski definition) is 3. The van der Waals surface area contributed by atoms with Gasteiger partial charge in [0.25, 0.3) is 0 Å². The molecule has 0 saturated carbocycles. The maximum absolute atomic E-state index is 5.38. The van der Waals surface area contributed by atoms with Crippen LogP contribution in [0.2, 0.25) is 0 Å². The van der Waals surface area contributed by atoms with Crippen LogP contribution in [0.4, 0.5) is 0 Å². The highest BCUT2D eigenvalue weighted by Crippen LogP contribution is 2.41. The van der Waals surface area contributed by atoms with Gasteiger partial charge in [-0.25, -0.2) is 0 Å². The van der Waals surface area contributed by atoms with E-state index in [9.17, 15) is 0 Å². The van der Waals surface area contributed by atoms with E-state index in [4.69, 9.17) is 4.74 Å². The van der Waals surface area contributed by atoms with E-state index in [2.05, 4.69) is 28.4 Å². The Morgan fingerprint density at radius 3 is 3.20 bits per heavy atom. The van der Waals surface area contributed by atoms with E-state index < -0.39 is 0 Å². The van der Waals surface area contributed by atoms with E-state index in [1.54, 1.807) is 12.7 Å². The summed E-state index contributed by atoms with van der Waals surface area (Å²) in [6, 6.07) is 8.03. The Hall–Kier alpha value is -1.06. The fourth-order valence-corrected chi connectivity index (χ4v) is 4.42. The Morgan fingerprint density at radius 2 is 2.30 bits per heavy atom. The van der Waals surface area contributed by atoms with E-state index in [0.29, 0.717) is 6.04 Å². The summed E-state index contributed by atoms with van der Waals surface area (Å²) in [5.74, 6) is 1.88. The Labute approximate surface area is 121 Å². The van der Waals surface area contributed by atoms with Gasteiger partial charge in [0, 0.05) is 25.2 Å². The molecule has 3 aliphatic heterocycles. The summed E-state index contributed by atoms with van der Waals surface area (Å²) < 4.78 is 5.38. The molecule has 3 nitrogen and oxygen atoms in total. The zero-order chi connectivity index (χ0) is 13.5. The van der Waals surface area contributed by atoms with Crippen LogP contribution in [0.15, 0.2) is 18.2 Å². The summed E-state index contributed by atoms with van der Waals surface area (Å²) in [5, 5.41) is 3.76. The van der Waals surface area contributed by atoms with Crippen molar-refractivity contribution in [3.8, 4) is 5.75 Å². The van der Waals surface area contributed by atoms with Crippen molar-refractivity contribution in [1.29, 1.82) is 0 Å². The lowest BCUT2D eigenvalue weighted by atomic mass is 9.77. The van der Waals surface area contributed by atoms with Crippen LogP contribution in [0.3, 0.4) is 0 Å². The highest BCUT2D eigenvalue weighted by molar-refractivity contribution is 5.39. The SMILES string of the molecule is COc1ccc2c(c1)CCN1C[C@H]3CCCN[C@H]3C[C@@H]21. The second-order valence-corrected chi connectivity index (χ2v) is 6.52. The highest BCUT2D eigenvalue weighted by atomic mass is 16.5. The Balaban J connectivity index is 1.63. The lowest BCUT2D eigenvalue weighted by molar-refractivity contribution is 0.0551. The van der Waals surface area contributed by atoms with Crippen LogP contribution < -0.4 is 10.1 Å². The standard InChI is InChI=1S/C17H24N2O/c1-20-14-4-5-15-12(9-14)6-8-19-11-13-3-2-7-18-16(13)10-17(15)19/h4-5,9,13,16-18H,2-3,6-8,10-11H2,1H3/t13-,16+,17+/m1/s1. The van der Waals surface area contributed by atoms with Gasteiger partial charge in [-0.15, -0.1) is 0 Å². The minimum atomic E-state index is 0.622. The van der Waals surface area contributed by atoms with Gasteiger partial charge in [0.2, 0.25) is 0 Å². The van der Waals surface area contributed by atoms with Crippen molar-refractivity contribution in [3.05, 3.63) is 29.3 Å². The molecule has 1 aromatic carbocycles. The van der Waals surface area contributed by atoms with Crippen molar-refractivity contribution in [2.45, 2.75) is 37.8 Å². The molecule has 0 bridgehead atoms. The molecule has 4 rings (SSSR count). The highest BCUT2D eigenvalue weighted by Gasteiger charge is 2.39. The summed E-state index contributed by atoms with van der Waals surface area (Å²) >= 11 is 0. The summed E-state index contributed by atoms with van der Waals surface area (Å²) in [5.41, 5.74) is 3.04. The number of benzene rings is 1. The quantitative estimate of drug-likeness (QED) is 0.849. The smallest absolute Gasteiger partial charge is 0.119 e. The van der Waals surface area contributed by atoms with E-state index in [0.717, 1.165) is 17.7 Å². The molecule has 0 aliphatic carbocycles. The van der Waals surface area contributed by atoms with Crippen molar-refractivity contribution in [3.63, 3.8) is 0 Å². The number of nitrogens with one attached hydrogen (secondary N) is 1. The van der Waals surface area contributed by atoms with E-state index in [1.807, 2.05) is 0 Å². The van der Waals surface area contributed by atoms with Gasteiger partial charge >= 0.3 is 0 Å². The Bertz CT molecular complexity index is 502. The molecular formula is C17H24N2O. The first-order valence-electron chi connectivity index (χ1n) is 7.99. The summed E-state index contributed by atoms with van der Waals surface area (Å²) in [4.78, 5) is 2.73. The fraction of sp³-hybridized carbons (Fsp3) is 0.647. The normalized spacial score (nSPS) is 33.0. The Morgan fingerprint density at radius 1 is 1.35 bits per heavy atom. The van der Waals surface area contributed by atoms with Crippen LogP contribution in [-0.4, -0.2) is 37.7 Å². The van der Waals surface area contributed by atoms with E-state index in [1.165, 1.54) is 50.9 Å². The first-order valence-corrected chi connectivity index (χ1v) is 7.99. The van der Waals surface area contributed by atoms with Gasteiger partial charge in [-0.2, -0.15) is 0 Å². The van der Waals surface area contributed by atoms with Gasteiger partial charge in [-0.05, 0) is 61.4 Å². The molecule has 0 amide bonds. The summed E-state index contributed by atoms with van der Waals surface area (Å²) in [6.07, 6.45) is 5.22. The molecule has 108 valence electrons. The lowest BCUT2D eigenvalue weighted by Gasteiger charge is -2.49. The molecule has 2 fully saturated rings. The molecule has 3 aliphatic rings. The van der Waals surface area contributed by atoms with Crippen LogP contribution in [0.25, 0.3) is 0 Å². The first-order chi connectivity index (χ1) is 9.85. The molecule has 0 aromatic heterocycles. The number of hydrogen-bond donors (Lipinski definition) is 1. The number of nitrogens with zero attached hydrogens (tertiary/aromatic N) is 1. The van der Waals surface area contributed by atoms with Gasteiger partial charge in [0.1, 0.15) is 5.75 Å². The second-order valence-electron chi connectivity index (χ2n) is 6.52. The Kier molecular flexibility index (Phi) is 3.20. The maximum atomic E-state index is 5.38. The number of rotatable bonds is 1. The van der Waals surface area contributed by atoms with E-state index >= 15 is 0 Å². The zero-order valence-electron chi connectivity index (χ0n) is 12.3. The van der Waals surface area contributed by atoms with Gasteiger partial charge < -0.3 is 10.1 Å². The van der Waals surface area contributed by atoms with Crippen molar-refractivity contribution in [2.75, 3.05) is 26.7 Å². The van der Waals surface area contributed by atoms with Gasteiger partial charge in [0.15, 0.2) is 0 Å². The monoisotopic (exact) mass is 272 g/mol. The maximum Gasteiger partial charge on any atom is 0.119 e. The van der Waals surface area contributed by atoms with Crippen molar-refractivity contribution >= 4 is 0 Å². The third-order valence-electron chi connectivity index (χ3n) is 5.49. The molecule has 1 aromatic rings. The molecular weight excluding hydrogens is 248 g/mol. The number of piperidine rings is 2. The molecule has 3 heteroatoms.